The van der Waals surface area contributed by atoms with E-state index in [0.717, 1.165) is 72.3 Å². The van der Waals surface area contributed by atoms with Crippen LogP contribution in [0.25, 0.3) is 55.2 Å². The smallest absolute Gasteiger partial charge is 0.227 e. The molecule has 0 saturated heterocycles. The minimum Gasteiger partial charge on any atom is -0.435 e. The zero-order valence-electron chi connectivity index (χ0n) is 30.0. The predicted molar refractivity (Wildman–Crippen MR) is 229 cm³/mol. The van der Waals surface area contributed by atoms with E-state index < -0.39 is 0 Å². The van der Waals surface area contributed by atoms with Gasteiger partial charge < -0.3 is 14.2 Å². The second-order valence-corrected chi connectivity index (χ2v) is 13.6. The van der Waals surface area contributed by atoms with Gasteiger partial charge in [-0.3, -0.25) is 0 Å². The highest BCUT2D eigenvalue weighted by molar-refractivity contribution is 6.23. The number of hydrogen-bond acceptors (Lipinski definition) is 4. The molecule has 260 valence electrons. The van der Waals surface area contributed by atoms with Crippen LogP contribution in [0.15, 0.2) is 217 Å². The molecule has 10 rings (SSSR count). The molecule has 0 spiro atoms. The molecule has 0 bridgehead atoms. The fourth-order valence-corrected chi connectivity index (χ4v) is 7.66. The Labute approximate surface area is 319 Å². The lowest BCUT2D eigenvalue weighted by molar-refractivity contribution is 0.623. The average Bonchev–Trinajstić information content (AvgIpc) is 3.72. The summed E-state index contributed by atoms with van der Waals surface area (Å²) in [6.07, 6.45) is 0. The summed E-state index contributed by atoms with van der Waals surface area (Å²) in [5.41, 5.74) is 11.4. The fraction of sp³-hybridized carbons (Fsp3) is 0. The molecule has 10 aromatic rings. The van der Waals surface area contributed by atoms with Gasteiger partial charge in [0.05, 0.1) is 0 Å². The van der Waals surface area contributed by atoms with Gasteiger partial charge in [0.25, 0.3) is 0 Å². The maximum Gasteiger partial charge on any atom is 0.227 e. The van der Waals surface area contributed by atoms with Gasteiger partial charge in [0.2, 0.25) is 5.89 Å². The SMILES string of the molecule is c1ccc(-c2cccc(N(c3ccccc3)c3ccc(-c4nc5c6ccc(N(c7ccccc7)c7ccccc7)cc6c6ccccc6c5o4)cc3)c2)cc1. The third-order valence-electron chi connectivity index (χ3n) is 10.2. The van der Waals surface area contributed by atoms with Gasteiger partial charge in [0.1, 0.15) is 5.52 Å². The largest absolute Gasteiger partial charge is 0.435 e. The van der Waals surface area contributed by atoms with Crippen LogP contribution in [-0.4, -0.2) is 4.98 Å². The Morgan fingerprint density at radius 3 is 1.40 bits per heavy atom. The monoisotopic (exact) mass is 705 g/mol. The minimum absolute atomic E-state index is 0.593. The molecule has 1 aromatic heterocycles. The van der Waals surface area contributed by atoms with Crippen LogP contribution in [0.2, 0.25) is 0 Å². The molecule has 4 heteroatoms. The summed E-state index contributed by atoms with van der Waals surface area (Å²) >= 11 is 0. The zero-order chi connectivity index (χ0) is 36.6. The third kappa shape index (κ3) is 5.96. The number of hydrogen-bond donors (Lipinski definition) is 0. The fourth-order valence-electron chi connectivity index (χ4n) is 7.66. The maximum absolute atomic E-state index is 6.69. The van der Waals surface area contributed by atoms with Crippen LogP contribution in [-0.2, 0) is 0 Å². The van der Waals surface area contributed by atoms with Gasteiger partial charge in [-0.25, -0.2) is 4.98 Å². The summed E-state index contributed by atoms with van der Waals surface area (Å²) in [7, 11) is 0. The molecule has 9 aromatic carbocycles. The molecule has 1 heterocycles. The first kappa shape index (κ1) is 32.2. The van der Waals surface area contributed by atoms with Crippen molar-refractivity contribution in [1.29, 1.82) is 0 Å². The van der Waals surface area contributed by atoms with Gasteiger partial charge in [0, 0.05) is 50.5 Å². The molecule has 0 atom stereocenters. The van der Waals surface area contributed by atoms with E-state index in [2.05, 4.69) is 222 Å². The zero-order valence-corrected chi connectivity index (χ0v) is 30.0. The second-order valence-electron chi connectivity index (χ2n) is 13.6. The van der Waals surface area contributed by atoms with E-state index in [-0.39, 0.29) is 0 Å². The number of oxazole rings is 1. The van der Waals surface area contributed by atoms with Crippen LogP contribution < -0.4 is 9.80 Å². The molecule has 0 amide bonds. The van der Waals surface area contributed by atoms with Crippen molar-refractivity contribution in [3.05, 3.63) is 212 Å². The van der Waals surface area contributed by atoms with E-state index in [0.29, 0.717) is 5.89 Å². The van der Waals surface area contributed by atoms with Gasteiger partial charge in [-0.1, -0.05) is 121 Å². The first-order chi connectivity index (χ1) is 27.3. The van der Waals surface area contributed by atoms with Crippen molar-refractivity contribution in [2.75, 3.05) is 9.80 Å². The molecule has 4 nitrogen and oxygen atoms in total. The summed E-state index contributed by atoms with van der Waals surface area (Å²) in [6, 6.07) is 74.4. The first-order valence-corrected chi connectivity index (χ1v) is 18.5. The van der Waals surface area contributed by atoms with Gasteiger partial charge in [0.15, 0.2) is 5.58 Å². The Morgan fingerprint density at radius 2 is 0.782 bits per heavy atom. The Morgan fingerprint density at radius 1 is 0.309 bits per heavy atom. The number of benzene rings is 9. The Kier molecular flexibility index (Phi) is 8.12. The van der Waals surface area contributed by atoms with Gasteiger partial charge in [-0.05, 0) is 113 Å². The van der Waals surface area contributed by atoms with Crippen LogP contribution >= 0.6 is 0 Å². The van der Waals surface area contributed by atoms with E-state index >= 15 is 0 Å². The lowest BCUT2D eigenvalue weighted by Crippen LogP contribution is -2.09. The summed E-state index contributed by atoms with van der Waals surface area (Å²) < 4.78 is 6.69. The van der Waals surface area contributed by atoms with Crippen molar-refractivity contribution in [3.63, 3.8) is 0 Å². The number of nitrogens with zero attached hydrogens (tertiary/aromatic N) is 3. The highest BCUT2D eigenvalue weighted by Crippen LogP contribution is 2.42. The van der Waals surface area contributed by atoms with Crippen molar-refractivity contribution >= 4 is 66.8 Å². The molecular weight excluding hydrogens is 671 g/mol. The van der Waals surface area contributed by atoms with E-state index in [1.165, 1.54) is 11.1 Å². The standard InChI is InChI=1S/C51H35N3O/c1-5-16-36(17-6-1)38-18-15-25-43(34-38)54(41-23-11-4-12-24-41)42-30-28-37(29-31-42)51-52-49-46-33-32-44(35-48(46)45-26-13-14-27-47(45)50(49)55-51)53(39-19-7-2-8-20-39)40-21-9-3-10-22-40/h1-35H. The van der Waals surface area contributed by atoms with Crippen molar-refractivity contribution in [3.8, 4) is 22.6 Å². The molecule has 0 aliphatic rings. The lowest BCUT2D eigenvalue weighted by atomic mass is 9.99. The van der Waals surface area contributed by atoms with E-state index in [1.54, 1.807) is 0 Å². The molecular formula is C51H35N3O. The summed E-state index contributed by atoms with van der Waals surface area (Å²) in [4.78, 5) is 9.78. The van der Waals surface area contributed by atoms with Crippen LogP contribution in [0, 0.1) is 0 Å². The number of aromatic nitrogens is 1. The lowest BCUT2D eigenvalue weighted by Gasteiger charge is -2.26. The summed E-state index contributed by atoms with van der Waals surface area (Å²) in [5.74, 6) is 0.593. The van der Waals surface area contributed by atoms with Crippen LogP contribution in [0.1, 0.15) is 0 Å². The number of para-hydroxylation sites is 3. The third-order valence-corrected chi connectivity index (χ3v) is 10.2. The quantitative estimate of drug-likeness (QED) is 0.147. The molecule has 0 radical (unpaired) electrons. The van der Waals surface area contributed by atoms with Crippen LogP contribution in [0.4, 0.5) is 34.1 Å². The number of fused-ring (bicyclic) bond motifs is 6. The molecule has 0 fully saturated rings. The molecule has 0 aliphatic heterocycles. The van der Waals surface area contributed by atoms with Crippen molar-refractivity contribution < 1.29 is 4.42 Å². The van der Waals surface area contributed by atoms with Crippen molar-refractivity contribution in [2.24, 2.45) is 0 Å². The minimum atomic E-state index is 0.593. The average molecular weight is 706 g/mol. The highest BCUT2D eigenvalue weighted by Gasteiger charge is 2.20. The summed E-state index contributed by atoms with van der Waals surface area (Å²) in [6.45, 7) is 0. The summed E-state index contributed by atoms with van der Waals surface area (Å²) in [5, 5.41) is 4.35. The predicted octanol–water partition coefficient (Wildman–Crippen LogP) is 14.4. The molecule has 0 N–H and O–H groups in total. The van der Waals surface area contributed by atoms with E-state index in [1.807, 2.05) is 0 Å². The van der Waals surface area contributed by atoms with Crippen molar-refractivity contribution in [2.45, 2.75) is 0 Å². The normalized spacial score (nSPS) is 11.3. The number of anilines is 6. The Bertz CT molecular complexity index is 2870. The maximum atomic E-state index is 6.69. The molecule has 0 aliphatic carbocycles. The Hall–Kier alpha value is -7.43. The number of rotatable bonds is 8. The van der Waals surface area contributed by atoms with E-state index in [9.17, 15) is 0 Å². The highest BCUT2D eigenvalue weighted by atomic mass is 16.3. The molecule has 55 heavy (non-hydrogen) atoms. The van der Waals surface area contributed by atoms with Crippen molar-refractivity contribution in [1.82, 2.24) is 4.98 Å². The molecule has 0 saturated carbocycles. The first-order valence-electron chi connectivity index (χ1n) is 18.5. The van der Waals surface area contributed by atoms with Gasteiger partial charge in [-0.15, -0.1) is 0 Å². The van der Waals surface area contributed by atoms with Crippen LogP contribution in [0.3, 0.4) is 0 Å². The Balaban J connectivity index is 1.07. The molecule has 0 unspecified atom stereocenters. The topological polar surface area (TPSA) is 32.5 Å². The van der Waals surface area contributed by atoms with E-state index in [4.69, 9.17) is 9.40 Å². The second kappa shape index (κ2) is 13.8. The van der Waals surface area contributed by atoms with Crippen LogP contribution in [0.5, 0.6) is 0 Å². The van der Waals surface area contributed by atoms with Gasteiger partial charge >= 0.3 is 0 Å². The van der Waals surface area contributed by atoms with Gasteiger partial charge in [-0.2, -0.15) is 0 Å².